The standard InChI is InChI=1S/C14H24O3/c1-4-5-6-7-8-11-13-12(10(2)9-16-13)14(15-3)17-11/h11-14H,2,4-9H2,1,3H3/t11-,12+,13+,14-/m1/s1. The molecular formula is C14H24O3. The predicted octanol–water partition coefficient (Wildman–Crippen LogP) is 2.90. The van der Waals surface area contributed by atoms with Crippen LogP contribution in [0.25, 0.3) is 0 Å². The molecule has 0 aromatic rings. The summed E-state index contributed by atoms with van der Waals surface area (Å²) in [6.07, 6.45) is 6.38. The normalized spacial score (nSPS) is 36.5. The Morgan fingerprint density at radius 3 is 2.88 bits per heavy atom. The van der Waals surface area contributed by atoms with E-state index in [1.165, 1.54) is 25.7 Å². The highest BCUT2D eigenvalue weighted by Gasteiger charge is 2.49. The fourth-order valence-electron chi connectivity index (χ4n) is 2.86. The van der Waals surface area contributed by atoms with E-state index < -0.39 is 0 Å². The number of unbranched alkanes of at least 4 members (excludes halogenated alkanes) is 3. The molecule has 3 heteroatoms. The minimum atomic E-state index is -0.147. The summed E-state index contributed by atoms with van der Waals surface area (Å²) >= 11 is 0. The third kappa shape index (κ3) is 2.72. The van der Waals surface area contributed by atoms with Crippen molar-refractivity contribution >= 4 is 0 Å². The van der Waals surface area contributed by atoms with E-state index in [1.807, 2.05) is 0 Å². The molecule has 2 saturated heterocycles. The van der Waals surface area contributed by atoms with Gasteiger partial charge in [0.15, 0.2) is 6.29 Å². The SMILES string of the molecule is C=C1CO[C@@H]2[C@H]1[C@H](OC)O[C@@H]2CCCCCC. The summed E-state index contributed by atoms with van der Waals surface area (Å²) in [5.41, 5.74) is 1.12. The first-order chi connectivity index (χ1) is 8.27. The maximum Gasteiger partial charge on any atom is 0.166 e. The lowest BCUT2D eigenvalue weighted by molar-refractivity contribution is -0.132. The molecular weight excluding hydrogens is 216 g/mol. The Balaban J connectivity index is 1.85. The van der Waals surface area contributed by atoms with Crippen LogP contribution >= 0.6 is 0 Å². The van der Waals surface area contributed by atoms with Gasteiger partial charge in [-0.2, -0.15) is 0 Å². The van der Waals surface area contributed by atoms with E-state index in [-0.39, 0.29) is 24.4 Å². The Morgan fingerprint density at radius 2 is 2.18 bits per heavy atom. The van der Waals surface area contributed by atoms with Gasteiger partial charge in [0.05, 0.1) is 24.7 Å². The van der Waals surface area contributed by atoms with E-state index in [4.69, 9.17) is 14.2 Å². The molecule has 4 atom stereocenters. The van der Waals surface area contributed by atoms with Crippen molar-refractivity contribution in [1.29, 1.82) is 0 Å². The maximum absolute atomic E-state index is 5.92. The van der Waals surface area contributed by atoms with Crippen molar-refractivity contribution in [3.05, 3.63) is 12.2 Å². The van der Waals surface area contributed by atoms with Crippen LogP contribution in [-0.2, 0) is 14.2 Å². The van der Waals surface area contributed by atoms with Gasteiger partial charge in [-0.25, -0.2) is 0 Å². The van der Waals surface area contributed by atoms with Crippen LogP contribution in [0.1, 0.15) is 39.0 Å². The molecule has 17 heavy (non-hydrogen) atoms. The minimum absolute atomic E-state index is 0.147. The van der Waals surface area contributed by atoms with Crippen molar-refractivity contribution in [2.45, 2.75) is 57.5 Å². The fraction of sp³-hybridized carbons (Fsp3) is 0.857. The molecule has 0 N–H and O–H groups in total. The molecule has 3 nitrogen and oxygen atoms in total. The summed E-state index contributed by atoms with van der Waals surface area (Å²) < 4.78 is 17.1. The van der Waals surface area contributed by atoms with E-state index in [0.717, 1.165) is 12.0 Å². The molecule has 0 aliphatic carbocycles. The van der Waals surface area contributed by atoms with Gasteiger partial charge in [-0.1, -0.05) is 39.2 Å². The van der Waals surface area contributed by atoms with Crippen molar-refractivity contribution in [3.63, 3.8) is 0 Å². The summed E-state index contributed by atoms with van der Waals surface area (Å²) in [5, 5.41) is 0. The number of methoxy groups -OCH3 is 1. The van der Waals surface area contributed by atoms with Crippen molar-refractivity contribution in [2.24, 2.45) is 5.92 Å². The molecule has 2 heterocycles. The number of hydrogen-bond acceptors (Lipinski definition) is 3. The molecule has 0 aromatic heterocycles. The van der Waals surface area contributed by atoms with Gasteiger partial charge in [-0.05, 0) is 12.0 Å². The fourth-order valence-corrected chi connectivity index (χ4v) is 2.86. The zero-order valence-electron chi connectivity index (χ0n) is 11.0. The Morgan fingerprint density at radius 1 is 1.35 bits per heavy atom. The molecule has 0 bridgehead atoms. The molecule has 0 unspecified atom stereocenters. The van der Waals surface area contributed by atoms with E-state index in [1.54, 1.807) is 7.11 Å². The number of fused-ring (bicyclic) bond motifs is 1. The largest absolute Gasteiger partial charge is 0.370 e. The van der Waals surface area contributed by atoms with Crippen LogP contribution in [-0.4, -0.2) is 32.2 Å². The molecule has 2 aliphatic heterocycles. The number of ether oxygens (including phenoxy) is 3. The average molecular weight is 240 g/mol. The first-order valence-electron chi connectivity index (χ1n) is 6.75. The third-order valence-electron chi connectivity index (χ3n) is 3.83. The summed E-state index contributed by atoms with van der Waals surface area (Å²) in [6.45, 7) is 6.95. The van der Waals surface area contributed by atoms with Crippen molar-refractivity contribution in [1.82, 2.24) is 0 Å². The van der Waals surface area contributed by atoms with Crippen LogP contribution in [0.5, 0.6) is 0 Å². The molecule has 0 spiro atoms. The highest BCUT2D eigenvalue weighted by atomic mass is 16.7. The minimum Gasteiger partial charge on any atom is -0.370 e. The van der Waals surface area contributed by atoms with Gasteiger partial charge >= 0.3 is 0 Å². The van der Waals surface area contributed by atoms with Crippen LogP contribution in [0.3, 0.4) is 0 Å². The van der Waals surface area contributed by atoms with Gasteiger partial charge in [0.2, 0.25) is 0 Å². The zero-order valence-corrected chi connectivity index (χ0v) is 11.0. The quantitative estimate of drug-likeness (QED) is 0.528. The van der Waals surface area contributed by atoms with Crippen molar-refractivity contribution < 1.29 is 14.2 Å². The maximum atomic E-state index is 5.92. The van der Waals surface area contributed by atoms with Gasteiger partial charge in [-0.15, -0.1) is 0 Å². The molecule has 0 aromatic carbocycles. The van der Waals surface area contributed by atoms with Gasteiger partial charge in [-0.3, -0.25) is 0 Å². The Hall–Kier alpha value is -0.380. The Kier molecular flexibility index (Phi) is 4.60. The van der Waals surface area contributed by atoms with Crippen molar-refractivity contribution in [2.75, 3.05) is 13.7 Å². The summed E-state index contributed by atoms with van der Waals surface area (Å²) in [7, 11) is 1.70. The topological polar surface area (TPSA) is 27.7 Å². The number of rotatable bonds is 6. The van der Waals surface area contributed by atoms with Crippen molar-refractivity contribution in [3.8, 4) is 0 Å². The summed E-state index contributed by atoms with van der Waals surface area (Å²) in [4.78, 5) is 0. The summed E-state index contributed by atoms with van der Waals surface area (Å²) in [6, 6.07) is 0. The van der Waals surface area contributed by atoms with Crippen LogP contribution in [0.2, 0.25) is 0 Å². The average Bonchev–Trinajstić information content (AvgIpc) is 2.87. The highest BCUT2D eigenvalue weighted by Crippen LogP contribution is 2.41. The van der Waals surface area contributed by atoms with Crippen LogP contribution in [0.4, 0.5) is 0 Å². The van der Waals surface area contributed by atoms with E-state index in [9.17, 15) is 0 Å². The molecule has 2 aliphatic rings. The van der Waals surface area contributed by atoms with Crippen LogP contribution in [0.15, 0.2) is 12.2 Å². The molecule has 2 rings (SSSR count). The first-order valence-corrected chi connectivity index (χ1v) is 6.75. The second-order valence-corrected chi connectivity index (χ2v) is 5.09. The lowest BCUT2D eigenvalue weighted by atomic mass is 9.94. The van der Waals surface area contributed by atoms with E-state index in [2.05, 4.69) is 13.5 Å². The van der Waals surface area contributed by atoms with Gasteiger partial charge in [0.1, 0.15) is 0 Å². The molecule has 0 amide bonds. The lowest BCUT2D eigenvalue weighted by Crippen LogP contribution is -2.25. The van der Waals surface area contributed by atoms with E-state index >= 15 is 0 Å². The second-order valence-electron chi connectivity index (χ2n) is 5.09. The third-order valence-corrected chi connectivity index (χ3v) is 3.83. The smallest absolute Gasteiger partial charge is 0.166 e. The lowest BCUT2D eigenvalue weighted by Gasteiger charge is -2.16. The predicted molar refractivity (Wildman–Crippen MR) is 66.8 cm³/mol. The Bertz CT molecular complexity index is 264. The molecule has 0 radical (unpaired) electrons. The first kappa shape index (κ1) is 13.1. The monoisotopic (exact) mass is 240 g/mol. The molecule has 0 saturated carbocycles. The van der Waals surface area contributed by atoms with Gasteiger partial charge in [0.25, 0.3) is 0 Å². The summed E-state index contributed by atoms with van der Waals surface area (Å²) in [5.74, 6) is 0.246. The number of hydrogen-bond donors (Lipinski definition) is 0. The highest BCUT2D eigenvalue weighted by molar-refractivity contribution is 5.14. The van der Waals surface area contributed by atoms with Crippen LogP contribution in [0, 0.1) is 5.92 Å². The zero-order chi connectivity index (χ0) is 12.3. The molecule has 2 fully saturated rings. The van der Waals surface area contributed by atoms with E-state index in [0.29, 0.717) is 6.61 Å². The van der Waals surface area contributed by atoms with Crippen LogP contribution < -0.4 is 0 Å². The van der Waals surface area contributed by atoms with Gasteiger partial charge < -0.3 is 14.2 Å². The van der Waals surface area contributed by atoms with Gasteiger partial charge in [0, 0.05) is 7.11 Å². The second kappa shape index (κ2) is 5.98. The molecule has 98 valence electrons. The Labute approximate surface area is 104 Å².